The number of aromatic nitrogens is 1. The van der Waals surface area contributed by atoms with E-state index in [1.165, 1.54) is 0 Å². The van der Waals surface area contributed by atoms with Gasteiger partial charge in [0.15, 0.2) is 0 Å². The van der Waals surface area contributed by atoms with Crippen molar-refractivity contribution in [1.82, 2.24) is 4.98 Å². The quantitative estimate of drug-likeness (QED) is 0.851. The van der Waals surface area contributed by atoms with Crippen molar-refractivity contribution >= 4 is 11.6 Å². The molecule has 0 fully saturated rings. The van der Waals surface area contributed by atoms with Crippen LogP contribution >= 0.6 is 0 Å². The SMILES string of the molecule is Cc1cccnc1C(=O)Nc1cccc(O)c1C. The van der Waals surface area contributed by atoms with Crippen molar-refractivity contribution in [1.29, 1.82) is 0 Å². The number of nitrogens with one attached hydrogen (secondary N) is 1. The third-order valence-electron chi connectivity index (χ3n) is 2.78. The van der Waals surface area contributed by atoms with Crippen molar-refractivity contribution in [3.8, 4) is 5.75 Å². The zero-order chi connectivity index (χ0) is 13.1. The van der Waals surface area contributed by atoms with E-state index in [1.54, 1.807) is 37.4 Å². The van der Waals surface area contributed by atoms with Gasteiger partial charge in [0.2, 0.25) is 0 Å². The number of amides is 1. The van der Waals surface area contributed by atoms with Crippen LogP contribution in [0, 0.1) is 13.8 Å². The molecule has 0 atom stereocenters. The van der Waals surface area contributed by atoms with Gasteiger partial charge in [-0.25, -0.2) is 0 Å². The molecule has 0 spiro atoms. The number of aromatic hydroxyl groups is 1. The number of rotatable bonds is 2. The molecule has 4 nitrogen and oxygen atoms in total. The van der Waals surface area contributed by atoms with E-state index < -0.39 is 0 Å². The monoisotopic (exact) mass is 242 g/mol. The van der Waals surface area contributed by atoms with Gasteiger partial charge in [0.1, 0.15) is 11.4 Å². The number of phenolic OH excluding ortho intramolecular Hbond substituents is 1. The Kier molecular flexibility index (Phi) is 3.28. The third-order valence-corrected chi connectivity index (χ3v) is 2.78. The highest BCUT2D eigenvalue weighted by molar-refractivity contribution is 6.04. The number of carbonyl (C=O) groups excluding carboxylic acids is 1. The van der Waals surface area contributed by atoms with Crippen LogP contribution < -0.4 is 5.32 Å². The fraction of sp³-hybridized carbons (Fsp3) is 0.143. The zero-order valence-electron chi connectivity index (χ0n) is 10.3. The Hall–Kier alpha value is -2.36. The molecule has 2 rings (SSSR count). The van der Waals surface area contributed by atoms with Gasteiger partial charge in [-0.05, 0) is 37.6 Å². The second-order valence-electron chi connectivity index (χ2n) is 4.07. The van der Waals surface area contributed by atoms with Gasteiger partial charge in [-0.15, -0.1) is 0 Å². The van der Waals surface area contributed by atoms with Gasteiger partial charge >= 0.3 is 0 Å². The molecule has 1 aromatic carbocycles. The van der Waals surface area contributed by atoms with Crippen molar-refractivity contribution in [2.45, 2.75) is 13.8 Å². The summed E-state index contributed by atoms with van der Waals surface area (Å²) in [6, 6.07) is 8.62. The maximum absolute atomic E-state index is 12.0. The first-order valence-electron chi connectivity index (χ1n) is 5.61. The Morgan fingerprint density at radius 1 is 1.22 bits per heavy atom. The summed E-state index contributed by atoms with van der Waals surface area (Å²) in [4.78, 5) is 16.1. The van der Waals surface area contributed by atoms with Crippen LogP contribution in [0.15, 0.2) is 36.5 Å². The molecule has 92 valence electrons. The van der Waals surface area contributed by atoms with Crippen molar-refractivity contribution < 1.29 is 9.90 Å². The van der Waals surface area contributed by atoms with Gasteiger partial charge in [0.05, 0.1) is 0 Å². The van der Waals surface area contributed by atoms with Crippen molar-refractivity contribution in [3.05, 3.63) is 53.3 Å². The summed E-state index contributed by atoms with van der Waals surface area (Å²) in [7, 11) is 0. The number of benzene rings is 1. The van der Waals surface area contributed by atoms with E-state index in [9.17, 15) is 9.90 Å². The molecule has 4 heteroatoms. The third kappa shape index (κ3) is 2.32. The lowest BCUT2D eigenvalue weighted by Gasteiger charge is -2.10. The number of pyridine rings is 1. The lowest BCUT2D eigenvalue weighted by molar-refractivity contribution is 0.102. The molecule has 0 aliphatic rings. The lowest BCUT2D eigenvalue weighted by Crippen LogP contribution is -2.15. The van der Waals surface area contributed by atoms with E-state index in [0.29, 0.717) is 16.9 Å². The molecule has 18 heavy (non-hydrogen) atoms. The highest BCUT2D eigenvalue weighted by Gasteiger charge is 2.12. The van der Waals surface area contributed by atoms with E-state index in [-0.39, 0.29) is 11.7 Å². The average molecular weight is 242 g/mol. The molecule has 2 aromatic rings. The molecule has 2 N–H and O–H groups in total. The number of hydrogen-bond donors (Lipinski definition) is 2. The van der Waals surface area contributed by atoms with Gasteiger partial charge in [0.25, 0.3) is 5.91 Å². The van der Waals surface area contributed by atoms with Crippen LogP contribution in [0.4, 0.5) is 5.69 Å². The minimum absolute atomic E-state index is 0.158. The van der Waals surface area contributed by atoms with Crippen LogP contribution in [0.2, 0.25) is 0 Å². The minimum atomic E-state index is -0.276. The van der Waals surface area contributed by atoms with E-state index in [1.807, 2.05) is 13.0 Å². The molecular formula is C14H14N2O2. The topological polar surface area (TPSA) is 62.2 Å². The number of nitrogens with zero attached hydrogens (tertiary/aromatic N) is 1. The summed E-state index contributed by atoms with van der Waals surface area (Å²) in [5.41, 5.74) is 2.43. The maximum atomic E-state index is 12.0. The number of aryl methyl sites for hydroxylation is 1. The number of phenols is 1. The zero-order valence-corrected chi connectivity index (χ0v) is 10.3. The van der Waals surface area contributed by atoms with Crippen LogP contribution in [0.1, 0.15) is 21.6 Å². The predicted octanol–water partition coefficient (Wildman–Crippen LogP) is 2.66. The normalized spacial score (nSPS) is 10.1. The number of hydrogen-bond acceptors (Lipinski definition) is 3. The molecule has 0 bridgehead atoms. The second-order valence-corrected chi connectivity index (χ2v) is 4.07. The largest absolute Gasteiger partial charge is 0.508 e. The molecule has 0 saturated carbocycles. The van der Waals surface area contributed by atoms with Gasteiger partial charge in [0, 0.05) is 17.4 Å². The van der Waals surface area contributed by atoms with E-state index in [4.69, 9.17) is 0 Å². The van der Waals surface area contributed by atoms with Gasteiger partial charge in [-0.2, -0.15) is 0 Å². The number of anilines is 1. The molecule has 1 amide bonds. The van der Waals surface area contributed by atoms with E-state index >= 15 is 0 Å². The summed E-state index contributed by atoms with van der Waals surface area (Å²) in [6.45, 7) is 3.58. The highest BCUT2D eigenvalue weighted by atomic mass is 16.3. The van der Waals surface area contributed by atoms with E-state index in [2.05, 4.69) is 10.3 Å². The Morgan fingerprint density at radius 2 is 2.00 bits per heavy atom. The first kappa shape index (κ1) is 12.1. The summed E-state index contributed by atoms with van der Waals surface area (Å²) in [6.07, 6.45) is 1.58. The van der Waals surface area contributed by atoms with E-state index in [0.717, 1.165) is 5.56 Å². The van der Waals surface area contributed by atoms with Crippen LogP contribution in [-0.4, -0.2) is 16.0 Å². The van der Waals surface area contributed by atoms with Gasteiger partial charge in [-0.1, -0.05) is 12.1 Å². The van der Waals surface area contributed by atoms with Crippen LogP contribution in [0.3, 0.4) is 0 Å². The standard InChI is InChI=1S/C14H14N2O2/c1-9-5-4-8-15-13(9)14(18)16-11-6-3-7-12(17)10(11)2/h3-8,17H,1-2H3,(H,16,18). The van der Waals surface area contributed by atoms with Crippen molar-refractivity contribution in [2.24, 2.45) is 0 Å². The lowest BCUT2D eigenvalue weighted by atomic mass is 10.1. The molecule has 0 saturated heterocycles. The Bertz CT molecular complexity index is 594. The minimum Gasteiger partial charge on any atom is -0.508 e. The average Bonchev–Trinajstić information content (AvgIpc) is 2.35. The molecule has 0 radical (unpaired) electrons. The molecule has 1 heterocycles. The fourth-order valence-electron chi connectivity index (χ4n) is 1.66. The Labute approximate surface area is 105 Å². The molecule has 1 aromatic heterocycles. The smallest absolute Gasteiger partial charge is 0.274 e. The van der Waals surface area contributed by atoms with Crippen LogP contribution in [0.5, 0.6) is 5.75 Å². The fourth-order valence-corrected chi connectivity index (χ4v) is 1.66. The summed E-state index contributed by atoms with van der Waals surface area (Å²) < 4.78 is 0. The molecule has 0 unspecified atom stereocenters. The Morgan fingerprint density at radius 3 is 2.72 bits per heavy atom. The summed E-state index contributed by atoms with van der Waals surface area (Å²) >= 11 is 0. The molecular weight excluding hydrogens is 228 g/mol. The first-order chi connectivity index (χ1) is 8.59. The van der Waals surface area contributed by atoms with Crippen molar-refractivity contribution in [3.63, 3.8) is 0 Å². The van der Waals surface area contributed by atoms with Crippen molar-refractivity contribution in [2.75, 3.05) is 5.32 Å². The Balaban J connectivity index is 2.27. The predicted molar refractivity (Wildman–Crippen MR) is 69.8 cm³/mol. The maximum Gasteiger partial charge on any atom is 0.274 e. The first-order valence-corrected chi connectivity index (χ1v) is 5.61. The number of carbonyl (C=O) groups is 1. The molecule has 0 aliphatic heterocycles. The summed E-state index contributed by atoms with van der Waals surface area (Å²) in [5.74, 6) is -0.118. The van der Waals surface area contributed by atoms with Gasteiger partial charge < -0.3 is 10.4 Å². The van der Waals surface area contributed by atoms with Gasteiger partial charge in [-0.3, -0.25) is 9.78 Å². The summed E-state index contributed by atoms with van der Waals surface area (Å²) in [5, 5.41) is 12.3. The van der Waals surface area contributed by atoms with Crippen LogP contribution in [0.25, 0.3) is 0 Å². The molecule has 0 aliphatic carbocycles. The van der Waals surface area contributed by atoms with Crippen LogP contribution in [-0.2, 0) is 0 Å². The second kappa shape index (κ2) is 4.87. The highest BCUT2D eigenvalue weighted by Crippen LogP contribution is 2.24.